The fourth-order valence-corrected chi connectivity index (χ4v) is 3.07. The van der Waals surface area contributed by atoms with Crippen LogP contribution in [0.4, 0.5) is 13.2 Å². The van der Waals surface area contributed by atoms with Crippen molar-refractivity contribution in [3.63, 3.8) is 0 Å². The summed E-state index contributed by atoms with van der Waals surface area (Å²) >= 11 is 1.24. The average molecular weight is 335 g/mol. The van der Waals surface area contributed by atoms with E-state index in [1.54, 1.807) is 12.3 Å². The van der Waals surface area contributed by atoms with Crippen LogP contribution in [0.5, 0.6) is 0 Å². The largest absolute Gasteiger partial charge is 0.406 e. The second-order valence-electron chi connectivity index (χ2n) is 5.24. The van der Waals surface area contributed by atoms with Crippen molar-refractivity contribution < 1.29 is 22.8 Å². The van der Waals surface area contributed by atoms with Gasteiger partial charge in [-0.15, -0.1) is 0 Å². The third-order valence-electron chi connectivity index (χ3n) is 3.46. The van der Waals surface area contributed by atoms with Crippen LogP contribution in [0.3, 0.4) is 0 Å². The maximum Gasteiger partial charge on any atom is 0.406 e. The van der Waals surface area contributed by atoms with Crippen molar-refractivity contribution in [3.05, 3.63) is 17.1 Å². The van der Waals surface area contributed by atoms with E-state index in [2.05, 4.69) is 4.37 Å². The number of halogens is 3. The van der Waals surface area contributed by atoms with Crippen molar-refractivity contribution in [1.82, 2.24) is 14.2 Å². The van der Waals surface area contributed by atoms with Gasteiger partial charge < -0.3 is 9.80 Å². The molecule has 2 amide bonds. The van der Waals surface area contributed by atoms with Crippen LogP contribution in [0.15, 0.2) is 12.3 Å². The smallest absolute Gasteiger partial charge is 0.340 e. The Balaban J connectivity index is 2.00. The quantitative estimate of drug-likeness (QED) is 0.790. The zero-order valence-corrected chi connectivity index (χ0v) is 12.8. The summed E-state index contributed by atoms with van der Waals surface area (Å²) in [7, 11) is 1.54. The van der Waals surface area contributed by atoms with Gasteiger partial charge in [-0.05, 0) is 30.4 Å². The predicted molar refractivity (Wildman–Crippen MR) is 73.9 cm³/mol. The molecule has 0 aliphatic carbocycles. The molecule has 1 aromatic heterocycles. The van der Waals surface area contributed by atoms with Crippen molar-refractivity contribution in [2.24, 2.45) is 5.92 Å². The van der Waals surface area contributed by atoms with E-state index >= 15 is 0 Å². The van der Waals surface area contributed by atoms with E-state index in [0.717, 1.165) is 9.78 Å². The minimum Gasteiger partial charge on any atom is -0.340 e. The summed E-state index contributed by atoms with van der Waals surface area (Å²) in [5.74, 6) is -2.19. The lowest BCUT2D eigenvalue weighted by molar-refractivity contribution is -0.169. The lowest BCUT2D eigenvalue weighted by atomic mass is 9.95. The van der Waals surface area contributed by atoms with Gasteiger partial charge in [0.25, 0.3) is 0 Å². The number of amides is 2. The van der Waals surface area contributed by atoms with Gasteiger partial charge in [0, 0.05) is 24.7 Å². The first kappa shape index (κ1) is 16.7. The molecular weight excluding hydrogens is 319 g/mol. The number of carbonyl (C=O) groups excluding carboxylic acids is 2. The van der Waals surface area contributed by atoms with E-state index in [1.165, 1.54) is 23.5 Å². The molecule has 2 rings (SSSR count). The molecule has 5 nitrogen and oxygen atoms in total. The number of piperidine rings is 1. The number of likely N-dealkylation sites (tertiary alicyclic amines) is 1. The lowest BCUT2D eigenvalue weighted by Crippen LogP contribution is -2.50. The zero-order valence-electron chi connectivity index (χ0n) is 12.0. The first-order valence-electron chi connectivity index (χ1n) is 6.78. The number of hydrogen-bond acceptors (Lipinski definition) is 4. The van der Waals surface area contributed by atoms with E-state index in [1.807, 2.05) is 0 Å². The molecule has 1 fully saturated rings. The molecule has 1 atom stereocenters. The second kappa shape index (κ2) is 6.64. The highest BCUT2D eigenvalue weighted by Gasteiger charge is 2.40. The van der Waals surface area contributed by atoms with E-state index < -0.39 is 30.5 Å². The molecule has 1 saturated heterocycles. The highest BCUT2D eigenvalue weighted by atomic mass is 32.1. The number of hydrogen-bond donors (Lipinski definition) is 0. The van der Waals surface area contributed by atoms with Crippen LogP contribution in [-0.2, 0) is 16.1 Å². The van der Waals surface area contributed by atoms with E-state index in [4.69, 9.17) is 0 Å². The van der Waals surface area contributed by atoms with Gasteiger partial charge in [0.2, 0.25) is 11.8 Å². The number of alkyl halides is 3. The molecule has 1 aliphatic heterocycles. The number of nitrogens with zero attached hydrogens (tertiary/aromatic N) is 3. The maximum atomic E-state index is 12.5. The predicted octanol–water partition coefficient (Wildman–Crippen LogP) is 1.90. The highest BCUT2D eigenvalue weighted by molar-refractivity contribution is 7.05. The van der Waals surface area contributed by atoms with E-state index in [9.17, 15) is 22.8 Å². The third kappa shape index (κ3) is 4.19. The molecule has 0 aromatic carbocycles. The van der Waals surface area contributed by atoms with Gasteiger partial charge in [-0.25, -0.2) is 4.37 Å². The summed E-state index contributed by atoms with van der Waals surface area (Å²) < 4.78 is 41.3. The first-order valence-corrected chi connectivity index (χ1v) is 7.55. The van der Waals surface area contributed by atoms with E-state index in [-0.39, 0.29) is 6.54 Å². The van der Waals surface area contributed by atoms with Crippen LogP contribution in [0.25, 0.3) is 0 Å². The Labute approximate surface area is 129 Å². The van der Waals surface area contributed by atoms with Crippen molar-refractivity contribution in [3.8, 4) is 0 Å². The molecular formula is C13H16F3N3O2S. The number of rotatable bonds is 4. The van der Waals surface area contributed by atoms with Crippen molar-refractivity contribution in [2.75, 3.05) is 20.1 Å². The molecule has 9 heteroatoms. The summed E-state index contributed by atoms with van der Waals surface area (Å²) in [6, 6.07) is 1.76. The molecule has 2 heterocycles. The van der Waals surface area contributed by atoms with Crippen LogP contribution in [-0.4, -0.2) is 52.3 Å². The summed E-state index contributed by atoms with van der Waals surface area (Å²) in [6.45, 7) is -0.957. The minimum atomic E-state index is -4.45. The average Bonchev–Trinajstić information content (AvgIpc) is 2.92. The molecule has 0 saturated carbocycles. The Hall–Kier alpha value is -1.64. The molecule has 0 N–H and O–H groups in total. The zero-order chi connectivity index (χ0) is 16.3. The van der Waals surface area contributed by atoms with Gasteiger partial charge in [-0.1, -0.05) is 0 Å². The first-order chi connectivity index (χ1) is 10.3. The number of carbonyl (C=O) groups is 2. The molecule has 1 unspecified atom stereocenters. The summed E-state index contributed by atoms with van der Waals surface area (Å²) in [6.07, 6.45) is -2.16. The highest BCUT2D eigenvalue weighted by Crippen LogP contribution is 2.25. The Morgan fingerprint density at radius 1 is 1.55 bits per heavy atom. The second-order valence-corrected chi connectivity index (χ2v) is 6.16. The van der Waals surface area contributed by atoms with Crippen LogP contribution in [0, 0.1) is 5.92 Å². The van der Waals surface area contributed by atoms with Crippen molar-refractivity contribution in [2.45, 2.75) is 25.6 Å². The Morgan fingerprint density at radius 2 is 2.27 bits per heavy atom. The maximum absolute atomic E-state index is 12.5. The topological polar surface area (TPSA) is 53.5 Å². The van der Waals surface area contributed by atoms with E-state index in [0.29, 0.717) is 19.4 Å². The van der Waals surface area contributed by atoms with Crippen LogP contribution in [0.2, 0.25) is 0 Å². The van der Waals surface area contributed by atoms with Crippen molar-refractivity contribution in [1.29, 1.82) is 0 Å². The molecule has 122 valence electrons. The van der Waals surface area contributed by atoms with Gasteiger partial charge in [-0.3, -0.25) is 9.59 Å². The molecule has 0 radical (unpaired) electrons. The molecule has 22 heavy (non-hydrogen) atoms. The molecule has 0 bridgehead atoms. The Bertz CT molecular complexity index is 533. The standard InChI is InChI=1S/C13H16F3N3O2S/c1-18(7-9-4-5-17-22-9)11(20)10-3-2-6-19(12(10)21)8-13(14,15)16/h4-5,10H,2-3,6-8H2,1H3. The summed E-state index contributed by atoms with van der Waals surface area (Å²) in [5, 5.41) is 0. The Morgan fingerprint density at radius 3 is 2.86 bits per heavy atom. The fourth-order valence-electron chi connectivity index (χ4n) is 2.44. The van der Waals surface area contributed by atoms with Gasteiger partial charge in [-0.2, -0.15) is 13.2 Å². The number of aromatic nitrogens is 1. The summed E-state index contributed by atoms with van der Waals surface area (Å²) in [4.78, 5) is 27.4. The van der Waals surface area contributed by atoms with Gasteiger partial charge in [0.1, 0.15) is 12.5 Å². The molecule has 0 spiro atoms. The van der Waals surface area contributed by atoms with Gasteiger partial charge in [0.05, 0.1) is 6.54 Å². The lowest BCUT2D eigenvalue weighted by Gasteiger charge is -2.33. The third-order valence-corrected chi connectivity index (χ3v) is 4.19. The molecule has 1 aliphatic rings. The van der Waals surface area contributed by atoms with Crippen molar-refractivity contribution >= 4 is 23.3 Å². The van der Waals surface area contributed by atoms with Gasteiger partial charge >= 0.3 is 6.18 Å². The minimum absolute atomic E-state index is 0.0423. The monoisotopic (exact) mass is 335 g/mol. The fraction of sp³-hybridized carbons (Fsp3) is 0.615. The van der Waals surface area contributed by atoms with Crippen LogP contribution >= 0.6 is 11.5 Å². The van der Waals surface area contributed by atoms with Gasteiger partial charge in [0.15, 0.2) is 0 Å². The molecule has 1 aromatic rings. The SMILES string of the molecule is CN(Cc1ccns1)C(=O)C1CCCN(CC(F)(F)F)C1=O. The Kier molecular flexibility index (Phi) is 5.05. The normalized spacial score (nSPS) is 19.4. The summed E-state index contributed by atoms with van der Waals surface area (Å²) in [5.41, 5.74) is 0. The van der Waals surface area contributed by atoms with Crippen LogP contribution in [0.1, 0.15) is 17.7 Å². The van der Waals surface area contributed by atoms with Crippen LogP contribution < -0.4 is 0 Å².